The maximum absolute atomic E-state index is 12.1. The Balaban J connectivity index is 1.86. The molecular weight excluding hydrogens is 294 g/mol. The van der Waals surface area contributed by atoms with E-state index in [0.29, 0.717) is 11.3 Å². The van der Waals surface area contributed by atoms with Crippen molar-refractivity contribution < 1.29 is 19.1 Å². The molecule has 0 aromatic heterocycles. The van der Waals surface area contributed by atoms with E-state index in [1.807, 2.05) is 13.8 Å². The van der Waals surface area contributed by atoms with Crippen molar-refractivity contribution in [3.8, 4) is 5.75 Å². The number of carbonyl (C=O) groups is 2. The van der Waals surface area contributed by atoms with Crippen LogP contribution in [0.1, 0.15) is 56.8 Å². The number of benzene rings is 1. The average molecular weight is 319 g/mol. The van der Waals surface area contributed by atoms with Crippen LogP contribution in [0.5, 0.6) is 5.75 Å². The first-order chi connectivity index (χ1) is 11.0. The lowest BCUT2D eigenvalue weighted by atomic mass is 10.2. The highest BCUT2D eigenvalue weighted by molar-refractivity contribution is 5.92. The minimum Gasteiger partial charge on any atom is -0.491 e. The molecule has 0 bridgehead atoms. The molecule has 5 nitrogen and oxygen atoms in total. The molecule has 0 saturated heterocycles. The topological polar surface area (TPSA) is 64.6 Å². The van der Waals surface area contributed by atoms with Crippen LogP contribution in [0.3, 0.4) is 0 Å². The molecule has 1 atom stereocenters. The monoisotopic (exact) mass is 319 g/mol. The second-order valence-corrected chi connectivity index (χ2v) is 6.23. The van der Waals surface area contributed by atoms with Crippen LogP contribution in [0.15, 0.2) is 24.3 Å². The molecule has 0 heterocycles. The number of ether oxygens (including phenoxy) is 2. The molecule has 1 aliphatic rings. The summed E-state index contributed by atoms with van der Waals surface area (Å²) in [5.74, 6) is -0.0382. The molecular formula is C18H25NO4. The first kappa shape index (κ1) is 17.3. The Kier molecular flexibility index (Phi) is 6.02. The number of hydrogen-bond acceptors (Lipinski definition) is 4. The average Bonchev–Trinajstić information content (AvgIpc) is 3.00. The lowest BCUT2D eigenvalue weighted by Crippen LogP contribution is -2.40. The third-order valence-electron chi connectivity index (χ3n) is 3.82. The summed E-state index contributed by atoms with van der Waals surface area (Å²) in [6.07, 6.45) is 3.57. The van der Waals surface area contributed by atoms with Crippen LogP contribution in [0.25, 0.3) is 0 Å². The Morgan fingerprint density at radius 2 is 1.70 bits per heavy atom. The van der Waals surface area contributed by atoms with Crippen molar-refractivity contribution in [2.24, 2.45) is 0 Å². The van der Waals surface area contributed by atoms with Gasteiger partial charge in [-0.05, 0) is 57.9 Å². The predicted octanol–water partition coefficient (Wildman–Crippen LogP) is 3.08. The zero-order chi connectivity index (χ0) is 16.8. The summed E-state index contributed by atoms with van der Waals surface area (Å²) < 4.78 is 10.8. The van der Waals surface area contributed by atoms with Crippen molar-refractivity contribution in [3.63, 3.8) is 0 Å². The minimum absolute atomic E-state index is 0.0760. The van der Waals surface area contributed by atoms with Crippen LogP contribution in [-0.4, -0.2) is 30.1 Å². The summed E-state index contributed by atoms with van der Waals surface area (Å²) >= 11 is 0. The fourth-order valence-corrected chi connectivity index (χ4v) is 2.61. The minimum atomic E-state index is -0.797. The molecule has 1 aromatic carbocycles. The van der Waals surface area contributed by atoms with Gasteiger partial charge in [0.15, 0.2) is 6.10 Å². The summed E-state index contributed by atoms with van der Waals surface area (Å²) in [5.41, 5.74) is 0.404. The van der Waals surface area contributed by atoms with Crippen molar-refractivity contribution in [2.45, 2.75) is 64.7 Å². The number of amides is 1. The number of esters is 1. The van der Waals surface area contributed by atoms with Gasteiger partial charge in [-0.15, -0.1) is 0 Å². The van der Waals surface area contributed by atoms with Gasteiger partial charge in [0.1, 0.15) is 5.75 Å². The second-order valence-electron chi connectivity index (χ2n) is 6.23. The number of nitrogens with one attached hydrogen (secondary N) is 1. The van der Waals surface area contributed by atoms with Crippen LogP contribution >= 0.6 is 0 Å². The zero-order valence-electron chi connectivity index (χ0n) is 14.0. The summed E-state index contributed by atoms with van der Waals surface area (Å²) in [6.45, 7) is 5.47. The summed E-state index contributed by atoms with van der Waals surface area (Å²) in [4.78, 5) is 24.1. The Morgan fingerprint density at radius 3 is 2.26 bits per heavy atom. The van der Waals surface area contributed by atoms with E-state index in [1.165, 1.54) is 0 Å². The molecule has 5 heteroatoms. The molecule has 1 saturated carbocycles. The van der Waals surface area contributed by atoms with Crippen molar-refractivity contribution in [3.05, 3.63) is 29.8 Å². The van der Waals surface area contributed by atoms with Gasteiger partial charge < -0.3 is 14.8 Å². The van der Waals surface area contributed by atoms with E-state index in [0.717, 1.165) is 25.7 Å². The first-order valence-electron chi connectivity index (χ1n) is 8.24. The molecule has 1 amide bonds. The highest BCUT2D eigenvalue weighted by atomic mass is 16.5. The zero-order valence-corrected chi connectivity index (χ0v) is 14.0. The molecule has 1 fully saturated rings. The number of carbonyl (C=O) groups excluding carboxylic acids is 2. The van der Waals surface area contributed by atoms with Crippen LogP contribution in [0.2, 0.25) is 0 Å². The number of hydrogen-bond donors (Lipinski definition) is 1. The number of rotatable bonds is 6. The van der Waals surface area contributed by atoms with Crippen molar-refractivity contribution in [2.75, 3.05) is 0 Å². The van der Waals surface area contributed by atoms with Gasteiger partial charge in [-0.2, -0.15) is 0 Å². The molecule has 0 spiro atoms. The lowest BCUT2D eigenvalue weighted by molar-refractivity contribution is -0.129. The van der Waals surface area contributed by atoms with E-state index in [2.05, 4.69) is 5.32 Å². The van der Waals surface area contributed by atoms with Crippen LogP contribution in [0.4, 0.5) is 0 Å². The van der Waals surface area contributed by atoms with Gasteiger partial charge in [0.2, 0.25) is 0 Å². The highest BCUT2D eigenvalue weighted by Gasteiger charge is 2.23. The molecule has 126 valence electrons. The normalized spacial score (nSPS) is 16.2. The smallest absolute Gasteiger partial charge is 0.338 e. The molecule has 1 aliphatic carbocycles. The van der Waals surface area contributed by atoms with E-state index in [9.17, 15) is 9.59 Å². The Morgan fingerprint density at radius 1 is 1.09 bits per heavy atom. The maximum Gasteiger partial charge on any atom is 0.338 e. The highest BCUT2D eigenvalue weighted by Crippen LogP contribution is 2.18. The summed E-state index contributed by atoms with van der Waals surface area (Å²) in [6, 6.07) is 6.94. The maximum atomic E-state index is 12.1. The molecule has 1 aromatic rings. The fourth-order valence-electron chi connectivity index (χ4n) is 2.61. The molecule has 1 N–H and O–H groups in total. The molecule has 0 radical (unpaired) electrons. The van der Waals surface area contributed by atoms with Crippen molar-refractivity contribution in [1.29, 1.82) is 0 Å². The van der Waals surface area contributed by atoms with E-state index >= 15 is 0 Å². The second kappa shape index (κ2) is 7.99. The first-order valence-corrected chi connectivity index (χ1v) is 8.24. The standard InChI is InChI=1S/C18H25NO4/c1-12(2)22-16-10-8-14(9-11-16)18(21)23-13(3)17(20)19-15-6-4-5-7-15/h8-13,15H,4-7H2,1-3H3,(H,19,20)/t13-/m0/s1. The molecule has 0 aliphatic heterocycles. The third-order valence-corrected chi connectivity index (χ3v) is 3.82. The Labute approximate surface area is 137 Å². The summed E-state index contributed by atoms with van der Waals surface area (Å²) in [5, 5.41) is 2.93. The van der Waals surface area contributed by atoms with Crippen molar-refractivity contribution in [1.82, 2.24) is 5.32 Å². The van der Waals surface area contributed by atoms with Crippen molar-refractivity contribution >= 4 is 11.9 Å². The van der Waals surface area contributed by atoms with Crippen LogP contribution in [-0.2, 0) is 9.53 Å². The van der Waals surface area contributed by atoms with Gasteiger partial charge in [-0.3, -0.25) is 4.79 Å². The summed E-state index contributed by atoms with van der Waals surface area (Å²) in [7, 11) is 0. The molecule has 2 rings (SSSR count). The molecule has 23 heavy (non-hydrogen) atoms. The quantitative estimate of drug-likeness (QED) is 0.818. The Bertz CT molecular complexity index is 532. The molecule has 0 unspecified atom stereocenters. The van der Waals surface area contributed by atoms with Gasteiger partial charge in [-0.1, -0.05) is 12.8 Å². The van der Waals surface area contributed by atoms with E-state index in [4.69, 9.17) is 9.47 Å². The van der Waals surface area contributed by atoms with Crippen LogP contribution < -0.4 is 10.1 Å². The van der Waals surface area contributed by atoms with E-state index in [-0.39, 0.29) is 18.1 Å². The van der Waals surface area contributed by atoms with Gasteiger partial charge in [-0.25, -0.2) is 4.79 Å². The van der Waals surface area contributed by atoms with E-state index < -0.39 is 12.1 Å². The third kappa shape index (κ3) is 5.27. The fraction of sp³-hybridized carbons (Fsp3) is 0.556. The van der Waals surface area contributed by atoms with Gasteiger partial charge in [0, 0.05) is 6.04 Å². The predicted molar refractivity (Wildman–Crippen MR) is 87.5 cm³/mol. The SMILES string of the molecule is CC(C)Oc1ccc(C(=O)O[C@@H](C)C(=O)NC2CCCC2)cc1. The van der Waals surface area contributed by atoms with Gasteiger partial charge in [0.05, 0.1) is 11.7 Å². The lowest BCUT2D eigenvalue weighted by Gasteiger charge is -2.17. The Hall–Kier alpha value is -2.04. The largest absolute Gasteiger partial charge is 0.491 e. The van der Waals surface area contributed by atoms with Gasteiger partial charge >= 0.3 is 5.97 Å². The van der Waals surface area contributed by atoms with Crippen LogP contribution in [0, 0.1) is 0 Å². The van der Waals surface area contributed by atoms with E-state index in [1.54, 1.807) is 31.2 Å². The van der Waals surface area contributed by atoms with Gasteiger partial charge in [0.25, 0.3) is 5.91 Å².